The molecule has 2 rings (SSSR count). The maximum Gasteiger partial charge on any atom is 0.349 e. The van der Waals surface area contributed by atoms with Gasteiger partial charge in [0.05, 0.1) is 6.61 Å². The Kier molecular flexibility index (Phi) is 5.70. The lowest BCUT2D eigenvalue weighted by atomic mass is 10.2. The smallest absolute Gasteiger partial charge is 0.349 e. The first-order chi connectivity index (χ1) is 10.1. The lowest BCUT2D eigenvalue weighted by Crippen LogP contribution is -2.03. The van der Waals surface area contributed by atoms with Crippen molar-refractivity contribution >= 4 is 29.1 Å². The number of ether oxygens (including phenoxy) is 1. The summed E-state index contributed by atoms with van der Waals surface area (Å²) in [6.45, 7) is 4.59. The third-order valence-electron chi connectivity index (χ3n) is 2.83. The number of thiophene rings is 1. The van der Waals surface area contributed by atoms with Crippen molar-refractivity contribution < 1.29 is 14.6 Å². The second-order valence-corrected chi connectivity index (χ2v) is 7.06. The standard InChI is InChI=1S/C16H18O3S2/c1-11(2)14-10-13(15(21-14)16(17)18)19-8-9-20-12-6-4-3-5-7-12/h3-7,10-11H,8-9H2,1-2H3,(H,17,18). The van der Waals surface area contributed by atoms with Gasteiger partial charge in [-0.15, -0.1) is 23.1 Å². The first-order valence-electron chi connectivity index (χ1n) is 6.75. The van der Waals surface area contributed by atoms with Crippen LogP contribution in [0.2, 0.25) is 0 Å². The predicted molar refractivity (Wildman–Crippen MR) is 88.0 cm³/mol. The molecule has 0 aliphatic heterocycles. The van der Waals surface area contributed by atoms with Crippen LogP contribution in [0.15, 0.2) is 41.3 Å². The maximum atomic E-state index is 11.2. The van der Waals surface area contributed by atoms with Crippen LogP contribution in [0.5, 0.6) is 5.75 Å². The highest BCUT2D eigenvalue weighted by Gasteiger charge is 2.18. The summed E-state index contributed by atoms with van der Waals surface area (Å²) in [6, 6.07) is 11.9. The SMILES string of the molecule is CC(C)c1cc(OCCSc2ccccc2)c(C(=O)O)s1. The van der Waals surface area contributed by atoms with Crippen molar-refractivity contribution in [2.45, 2.75) is 24.7 Å². The Balaban J connectivity index is 1.92. The van der Waals surface area contributed by atoms with Gasteiger partial charge < -0.3 is 9.84 Å². The minimum atomic E-state index is -0.919. The van der Waals surface area contributed by atoms with Gasteiger partial charge in [0, 0.05) is 15.5 Å². The highest BCUT2D eigenvalue weighted by Crippen LogP contribution is 2.34. The number of benzene rings is 1. The minimum absolute atomic E-state index is 0.295. The lowest BCUT2D eigenvalue weighted by Gasteiger charge is -2.05. The van der Waals surface area contributed by atoms with Crippen molar-refractivity contribution in [1.82, 2.24) is 0 Å². The molecular weight excluding hydrogens is 304 g/mol. The summed E-state index contributed by atoms with van der Waals surface area (Å²) in [5, 5.41) is 9.22. The molecule has 2 aromatic rings. The summed E-state index contributed by atoms with van der Waals surface area (Å²) in [4.78, 5) is 13.8. The van der Waals surface area contributed by atoms with Gasteiger partial charge in [0.2, 0.25) is 0 Å². The quantitative estimate of drug-likeness (QED) is 0.591. The van der Waals surface area contributed by atoms with Crippen LogP contribution >= 0.6 is 23.1 Å². The second kappa shape index (κ2) is 7.52. The van der Waals surface area contributed by atoms with Crippen LogP contribution in [0.25, 0.3) is 0 Å². The molecule has 0 atom stereocenters. The summed E-state index contributed by atoms with van der Waals surface area (Å²) < 4.78 is 5.66. The van der Waals surface area contributed by atoms with E-state index >= 15 is 0 Å². The van der Waals surface area contributed by atoms with Crippen molar-refractivity contribution in [2.75, 3.05) is 12.4 Å². The topological polar surface area (TPSA) is 46.5 Å². The van der Waals surface area contributed by atoms with Crippen LogP contribution in [0.1, 0.15) is 34.3 Å². The van der Waals surface area contributed by atoms with Crippen molar-refractivity contribution in [2.24, 2.45) is 0 Å². The van der Waals surface area contributed by atoms with Gasteiger partial charge >= 0.3 is 5.97 Å². The van der Waals surface area contributed by atoms with Gasteiger partial charge in [-0.2, -0.15) is 0 Å². The summed E-state index contributed by atoms with van der Waals surface area (Å²) in [6.07, 6.45) is 0. The molecule has 0 aliphatic rings. The highest BCUT2D eigenvalue weighted by molar-refractivity contribution is 7.99. The number of carboxylic acids is 1. The van der Waals surface area contributed by atoms with E-state index in [0.29, 0.717) is 23.2 Å². The van der Waals surface area contributed by atoms with E-state index in [4.69, 9.17) is 4.74 Å². The number of aromatic carboxylic acids is 1. The van der Waals surface area contributed by atoms with Crippen molar-refractivity contribution in [3.63, 3.8) is 0 Å². The first kappa shape index (κ1) is 15.9. The number of carbonyl (C=O) groups is 1. The Morgan fingerprint density at radius 3 is 2.67 bits per heavy atom. The zero-order chi connectivity index (χ0) is 15.2. The molecule has 1 aromatic carbocycles. The molecule has 0 radical (unpaired) electrons. The summed E-state index contributed by atoms with van der Waals surface area (Å²) >= 11 is 3.00. The van der Waals surface area contributed by atoms with Gasteiger partial charge in [-0.05, 0) is 24.1 Å². The zero-order valence-electron chi connectivity index (χ0n) is 12.0. The molecule has 0 bridgehead atoms. The fourth-order valence-electron chi connectivity index (χ4n) is 1.76. The van der Waals surface area contributed by atoms with Crippen LogP contribution in [0.4, 0.5) is 0 Å². The van der Waals surface area contributed by atoms with E-state index in [1.165, 1.54) is 16.2 Å². The average molecular weight is 322 g/mol. The van der Waals surface area contributed by atoms with E-state index in [1.807, 2.05) is 38.1 Å². The highest BCUT2D eigenvalue weighted by atomic mass is 32.2. The van der Waals surface area contributed by atoms with E-state index in [2.05, 4.69) is 12.1 Å². The van der Waals surface area contributed by atoms with Gasteiger partial charge in [0.15, 0.2) is 4.88 Å². The molecule has 0 aliphatic carbocycles. The number of carboxylic acid groups (broad SMARTS) is 1. The van der Waals surface area contributed by atoms with Gasteiger partial charge in [-0.25, -0.2) is 4.79 Å². The molecule has 5 heteroatoms. The van der Waals surface area contributed by atoms with Crippen LogP contribution in [-0.4, -0.2) is 23.4 Å². The lowest BCUT2D eigenvalue weighted by molar-refractivity contribution is 0.0698. The molecule has 0 spiro atoms. The molecule has 3 nitrogen and oxygen atoms in total. The zero-order valence-corrected chi connectivity index (χ0v) is 13.7. The number of hydrogen-bond donors (Lipinski definition) is 1. The van der Waals surface area contributed by atoms with E-state index in [1.54, 1.807) is 11.8 Å². The molecule has 0 fully saturated rings. The molecular formula is C16H18O3S2. The van der Waals surface area contributed by atoms with Crippen molar-refractivity contribution in [3.05, 3.63) is 46.2 Å². The fraction of sp³-hybridized carbons (Fsp3) is 0.312. The molecule has 0 amide bonds. The van der Waals surface area contributed by atoms with Gasteiger partial charge in [-0.1, -0.05) is 32.0 Å². The molecule has 1 N–H and O–H groups in total. The average Bonchev–Trinajstić information content (AvgIpc) is 2.89. The number of rotatable bonds is 7. The number of thioether (sulfide) groups is 1. The molecule has 1 heterocycles. The van der Waals surface area contributed by atoms with Gasteiger partial charge in [-0.3, -0.25) is 0 Å². The van der Waals surface area contributed by atoms with Crippen LogP contribution in [-0.2, 0) is 0 Å². The Hall–Kier alpha value is -1.46. The minimum Gasteiger partial charge on any atom is -0.491 e. The van der Waals surface area contributed by atoms with E-state index in [9.17, 15) is 9.90 Å². The van der Waals surface area contributed by atoms with E-state index < -0.39 is 5.97 Å². The summed E-state index contributed by atoms with van der Waals surface area (Å²) in [7, 11) is 0. The maximum absolute atomic E-state index is 11.2. The third-order valence-corrected chi connectivity index (χ3v) is 5.21. The van der Waals surface area contributed by atoms with Crippen LogP contribution in [0, 0.1) is 0 Å². The molecule has 1 aromatic heterocycles. The molecule has 21 heavy (non-hydrogen) atoms. The van der Waals surface area contributed by atoms with Crippen molar-refractivity contribution in [1.29, 1.82) is 0 Å². The Morgan fingerprint density at radius 1 is 1.33 bits per heavy atom. The second-order valence-electron chi connectivity index (χ2n) is 4.81. The van der Waals surface area contributed by atoms with Gasteiger partial charge in [0.1, 0.15) is 5.75 Å². The Labute approximate surface area is 133 Å². The van der Waals surface area contributed by atoms with E-state index in [0.717, 1.165) is 10.6 Å². The Morgan fingerprint density at radius 2 is 2.05 bits per heavy atom. The predicted octanol–water partition coefficient (Wildman–Crippen LogP) is 4.74. The first-order valence-corrected chi connectivity index (χ1v) is 8.56. The fourth-order valence-corrected chi connectivity index (χ4v) is 3.46. The Bertz CT molecular complexity index is 591. The van der Waals surface area contributed by atoms with E-state index in [-0.39, 0.29) is 0 Å². The largest absolute Gasteiger partial charge is 0.491 e. The normalized spacial score (nSPS) is 10.8. The van der Waals surface area contributed by atoms with Crippen molar-refractivity contribution in [3.8, 4) is 5.75 Å². The third kappa shape index (κ3) is 4.51. The summed E-state index contributed by atoms with van der Waals surface area (Å²) in [5.41, 5.74) is 0. The van der Waals surface area contributed by atoms with Crippen LogP contribution < -0.4 is 4.74 Å². The monoisotopic (exact) mass is 322 g/mol. The molecule has 112 valence electrons. The number of hydrogen-bond acceptors (Lipinski definition) is 4. The van der Waals surface area contributed by atoms with Gasteiger partial charge in [0.25, 0.3) is 0 Å². The molecule has 0 unspecified atom stereocenters. The van der Waals surface area contributed by atoms with Crippen LogP contribution in [0.3, 0.4) is 0 Å². The molecule has 0 saturated heterocycles. The molecule has 0 saturated carbocycles. The summed E-state index contributed by atoms with van der Waals surface area (Å²) in [5.74, 6) is 0.669.